The third-order valence-corrected chi connectivity index (χ3v) is 5.96. The van der Waals surface area contributed by atoms with Crippen LogP contribution in [0, 0.1) is 0 Å². The summed E-state index contributed by atoms with van der Waals surface area (Å²) < 4.78 is 39.9. The summed E-state index contributed by atoms with van der Waals surface area (Å²) in [4.78, 5) is 21.3. The third kappa shape index (κ3) is 4.29. The summed E-state index contributed by atoms with van der Waals surface area (Å²) in [5, 5.41) is 3.62. The summed E-state index contributed by atoms with van der Waals surface area (Å²) in [7, 11) is 2.11. The fraction of sp³-hybridized carbons (Fsp3) is 0.368. The molecule has 6 nitrogen and oxygen atoms in total. The molecule has 1 aliphatic rings. The van der Waals surface area contributed by atoms with E-state index >= 15 is 0 Å². The largest absolute Gasteiger partial charge is 0.432 e. The fourth-order valence-electron chi connectivity index (χ4n) is 3.28. The average Bonchev–Trinajstić information content (AvgIpc) is 3.27. The summed E-state index contributed by atoms with van der Waals surface area (Å²) in [5.74, 6) is -0.282. The van der Waals surface area contributed by atoms with Crippen molar-refractivity contribution in [1.82, 2.24) is 19.2 Å². The maximum atomic E-state index is 13.0. The van der Waals surface area contributed by atoms with Crippen molar-refractivity contribution >= 4 is 27.9 Å². The highest BCUT2D eigenvalue weighted by molar-refractivity contribution is 7.16. The van der Waals surface area contributed by atoms with Gasteiger partial charge in [-0.2, -0.15) is 13.2 Å². The van der Waals surface area contributed by atoms with Crippen LogP contribution in [0.15, 0.2) is 36.0 Å². The number of thiazole rings is 1. The fourth-order valence-corrected chi connectivity index (χ4v) is 4.23. The van der Waals surface area contributed by atoms with Crippen LogP contribution in [0.5, 0.6) is 0 Å². The Kier molecular flexibility index (Phi) is 5.32. The lowest BCUT2D eigenvalue weighted by Gasteiger charge is -2.32. The van der Waals surface area contributed by atoms with Gasteiger partial charge in [0, 0.05) is 43.7 Å². The second kappa shape index (κ2) is 7.77. The molecule has 0 spiro atoms. The van der Waals surface area contributed by atoms with Crippen molar-refractivity contribution in [2.75, 3.05) is 38.5 Å². The maximum absolute atomic E-state index is 13.0. The van der Waals surface area contributed by atoms with Crippen molar-refractivity contribution < 1.29 is 18.0 Å². The van der Waals surface area contributed by atoms with Crippen LogP contribution >= 0.6 is 11.3 Å². The second-order valence-electron chi connectivity index (χ2n) is 7.12. The van der Waals surface area contributed by atoms with Crippen LogP contribution < -0.4 is 5.32 Å². The zero-order valence-corrected chi connectivity index (χ0v) is 16.6. The molecule has 0 saturated carbocycles. The molecule has 1 aromatic carbocycles. The van der Waals surface area contributed by atoms with E-state index in [-0.39, 0.29) is 10.6 Å². The first-order valence-corrected chi connectivity index (χ1v) is 10.0. The van der Waals surface area contributed by atoms with Gasteiger partial charge in [0.25, 0.3) is 5.91 Å². The number of carbonyl (C=O) groups is 1. The smallest absolute Gasteiger partial charge is 0.304 e. The maximum Gasteiger partial charge on any atom is 0.432 e. The second-order valence-corrected chi connectivity index (χ2v) is 7.98. The number of rotatable bonds is 4. The van der Waals surface area contributed by atoms with E-state index in [2.05, 4.69) is 27.1 Å². The summed E-state index contributed by atoms with van der Waals surface area (Å²) in [5.41, 5.74) is 0.739. The molecule has 0 bridgehead atoms. The highest BCUT2D eigenvalue weighted by Crippen LogP contribution is 2.35. The average molecular weight is 423 g/mol. The predicted octanol–water partition coefficient (Wildman–Crippen LogP) is 3.41. The zero-order valence-electron chi connectivity index (χ0n) is 15.7. The van der Waals surface area contributed by atoms with Crippen LogP contribution in [0.4, 0.5) is 19.0 Å². The van der Waals surface area contributed by atoms with Crippen LogP contribution in [0.3, 0.4) is 0 Å². The number of hydrogen-bond acceptors (Lipinski definition) is 5. The van der Waals surface area contributed by atoms with E-state index in [4.69, 9.17) is 0 Å². The molecule has 1 saturated heterocycles. The Morgan fingerprint density at radius 3 is 2.52 bits per heavy atom. The normalized spacial score (nSPS) is 16.4. The Morgan fingerprint density at radius 1 is 1.17 bits per heavy atom. The van der Waals surface area contributed by atoms with Gasteiger partial charge in [0.2, 0.25) is 0 Å². The lowest BCUT2D eigenvalue weighted by Crippen LogP contribution is -2.43. The van der Waals surface area contributed by atoms with Crippen LogP contribution in [0.1, 0.15) is 21.6 Å². The molecular weight excluding hydrogens is 403 g/mol. The Hall–Kier alpha value is -2.43. The first-order valence-electron chi connectivity index (χ1n) is 9.14. The molecule has 1 fully saturated rings. The Balaban J connectivity index is 1.42. The molecule has 29 heavy (non-hydrogen) atoms. The van der Waals surface area contributed by atoms with Crippen molar-refractivity contribution in [2.45, 2.75) is 12.7 Å². The summed E-state index contributed by atoms with van der Waals surface area (Å²) >= 11 is 0.890. The summed E-state index contributed by atoms with van der Waals surface area (Å²) in [6.07, 6.45) is -3.40. The number of benzene rings is 1. The van der Waals surface area contributed by atoms with E-state index in [1.807, 2.05) is 12.1 Å². The number of nitrogens with one attached hydrogen (secondary N) is 1. The van der Waals surface area contributed by atoms with E-state index < -0.39 is 17.8 Å². The molecular formula is C19H20F3N5OS. The van der Waals surface area contributed by atoms with Gasteiger partial charge in [0.05, 0.1) is 0 Å². The number of alkyl halides is 3. The van der Waals surface area contributed by atoms with Crippen LogP contribution in [-0.4, -0.2) is 58.3 Å². The zero-order chi connectivity index (χ0) is 20.6. The van der Waals surface area contributed by atoms with Crippen LogP contribution in [0.25, 0.3) is 4.83 Å². The number of fused-ring (bicyclic) bond motifs is 1. The number of hydrogen-bond donors (Lipinski definition) is 1. The lowest BCUT2D eigenvalue weighted by atomic mass is 10.1. The van der Waals surface area contributed by atoms with E-state index in [9.17, 15) is 18.0 Å². The van der Waals surface area contributed by atoms with Crippen molar-refractivity contribution in [3.63, 3.8) is 0 Å². The number of nitrogens with zero attached hydrogens (tertiary/aromatic N) is 4. The molecule has 2 aromatic heterocycles. The third-order valence-electron chi connectivity index (χ3n) is 5.01. The molecule has 1 N–H and O–H groups in total. The summed E-state index contributed by atoms with van der Waals surface area (Å²) in [6.45, 7) is 4.93. The first-order chi connectivity index (χ1) is 13.8. The number of aromatic nitrogens is 2. The van der Waals surface area contributed by atoms with E-state index in [0.29, 0.717) is 5.56 Å². The van der Waals surface area contributed by atoms with Gasteiger partial charge in [-0.1, -0.05) is 12.1 Å². The first kappa shape index (κ1) is 19.9. The Bertz CT molecular complexity index is 1000. The molecule has 4 rings (SSSR count). The van der Waals surface area contributed by atoms with Gasteiger partial charge in [-0.25, -0.2) is 4.98 Å². The molecule has 0 radical (unpaired) electrons. The number of amides is 1. The number of halogens is 3. The Morgan fingerprint density at radius 2 is 1.86 bits per heavy atom. The minimum absolute atomic E-state index is 0.122. The number of piperazine rings is 1. The van der Waals surface area contributed by atoms with Crippen molar-refractivity contribution in [3.8, 4) is 0 Å². The molecule has 0 atom stereocenters. The molecule has 0 unspecified atom stereocenters. The SMILES string of the molecule is CN1CCN(Cc2ccc(C(=O)Nc3ncn4c(C(F)(F)F)csc34)cc2)CC1. The summed E-state index contributed by atoms with van der Waals surface area (Å²) in [6, 6.07) is 7.26. The van der Waals surface area contributed by atoms with Gasteiger partial charge in [0.1, 0.15) is 16.9 Å². The number of imidazole rings is 1. The molecule has 0 aliphatic carbocycles. The monoisotopic (exact) mass is 423 g/mol. The standard InChI is InChI=1S/C19H20F3N5OS/c1-25-6-8-26(9-7-25)10-13-2-4-14(5-3-13)17(28)24-16-18-27(12-23-16)15(11-29-18)19(20,21)22/h2-5,11-12H,6-10H2,1H3,(H,24,28). The number of carbonyl (C=O) groups excluding carboxylic acids is 1. The minimum Gasteiger partial charge on any atom is -0.304 e. The predicted molar refractivity (Wildman–Crippen MR) is 105 cm³/mol. The van der Waals surface area contributed by atoms with Gasteiger partial charge >= 0.3 is 6.18 Å². The van der Waals surface area contributed by atoms with Crippen molar-refractivity contribution in [2.24, 2.45) is 0 Å². The minimum atomic E-state index is -4.47. The van der Waals surface area contributed by atoms with Gasteiger partial charge in [-0.3, -0.25) is 14.1 Å². The highest BCUT2D eigenvalue weighted by atomic mass is 32.1. The van der Waals surface area contributed by atoms with Gasteiger partial charge in [-0.15, -0.1) is 11.3 Å². The van der Waals surface area contributed by atoms with Crippen LogP contribution in [0.2, 0.25) is 0 Å². The van der Waals surface area contributed by atoms with Gasteiger partial charge in [0.15, 0.2) is 5.82 Å². The van der Waals surface area contributed by atoms with Crippen molar-refractivity contribution in [3.05, 3.63) is 52.8 Å². The molecule has 1 amide bonds. The molecule has 1 aliphatic heterocycles. The molecule has 10 heteroatoms. The molecule has 3 aromatic rings. The highest BCUT2D eigenvalue weighted by Gasteiger charge is 2.35. The molecule has 3 heterocycles. The lowest BCUT2D eigenvalue weighted by molar-refractivity contribution is -0.141. The van der Waals surface area contributed by atoms with E-state index in [1.54, 1.807) is 12.1 Å². The molecule has 154 valence electrons. The van der Waals surface area contributed by atoms with Gasteiger partial charge < -0.3 is 10.2 Å². The van der Waals surface area contributed by atoms with E-state index in [1.165, 1.54) is 0 Å². The van der Waals surface area contributed by atoms with Gasteiger partial charge in [-0.05, 0) is 24.7 Å². The Labute approximate surface area is 169 Å². The van der Waals surface area contributed by atoms with E-state index in [0.717, 1.165) is 65.7 Å². The van der Waals surface area contributed by atoms with Crippen LogP contribution in [-0.2, 0) is 12.7 Å². The number of anilines is 1. The van der Waals surface area contributed by atoms with Crippen molar-refractivity contribution in [1.29, 1.82) is 0 Å². The quantitative estimate of drug-likeness (QED) is 0.699. The number of likely N-dealkylation sites (N-methyl/N-ethyl adjacent to an activating group) is 1. The topological polar surface area (TPSA) is 52.9 Å².